The number of nitriles is 1. The molecule has 0 saturated heterocycles. The van der Waals surface area contributed by atoms with E-state index in [0.29, 0.717) is 17.0 Å². The maximum atomic E-state index is 12.1. The zero-order valence-corrected chi connectivity index (χ0v) is 12.4. The lowest BCUT2D eigenvalue weighted by molar-refractivity contribution is 0.104. The van der Waals surface area contributed by atoms with E-state index in [2.05, 4.69) is 4.98 Å². The molecular weight excluding hydrogens is 296 g/mol. The molecule has 2 rings (SSSR count). The van der Waals surface area contributed by atoms with Gasteiger partial charge in [0.25, 0.3) is 5.56 Å². The largest absolute Gasteiger partial charge is 0.507 e. The molecule has 1 heterocycles. The van der Waals surface area contributed by atoms with E-state index < -0.39 is 11.3 Å². The highest BCUT2D eigenvalue weighted by atomic mass is 16.5. The molecule has 0 aliphatic rings. The fourth-order valence-corrected chi connectivity index (χ4v) is 1.96. The Morgan fingerprint density at radius 2 is 2.09 bits per heavy atom. The van der Waals surface area contributed by atoms with Gasteiger partial charge in [-0.15, -0.1) is 0 Å². The molecule has 1 aromatic heterocycles. The number of aromatic hydroxyl groups is 1. The molecule has 0 unspecified atom stereocenters. The smallest absolute Gasteiger partial charge is 0.263 e. The minimum atomic E-state index is -0.627. The number of benzene rings is 1. The molecule has 6 heteroatoms. The number of carbonyl (C=O) groups is 1. The maximum absolute atomic E-state index is 12.1. The topological polar surface area (TPSA) is 103 Å². The van der Waals surface area contributed by atoms with Crippen LogP contribution in [0.3, 0.4) is 0 Å². The molecular formula is C17H14N2O4. The molecule has 0 fully saturated rings. The Bertz CT molecular complexity index is 842. The van der Waals surface area contributed by atoms with Crippen molar-refractivity contribution in [3.05, 3.63) is 63.6 Å². The molecule has 0 atom stereocenters. The van der Waals surface area contributed by atoms with E-state index >= 15 is 0 Å². The van der Waals surface area contributed by atoms with Gasteiger partial charge in [0.15, 0.2) is 12.4 Å². The quantitative estimate of drug-likeness (QED) is 0.651. The lowest BCUT2D eigenvalue weighted by atomic mass is 10.1. The van der Waals surface area contributed by atoms with Gasteiger partial charge in [-0.25, -0.2) is 0 Å². The monoisotopic (exact) mass is 310 g/mol. The molecule has 116 valence electrons. The SMILES string of the molecule is Cc1cc(O)c(C(=O)/C=C/c2ccc(OCC#N)cc2)c(=O)[nH]1. The van der Waals surface area contributed by atoms with E-state index in [1.165, 1.54) is 18.2 Å². The van der Waals surface area contributed by atoms with E-state index in [1.807, 2.05) is 6.07 Å². The molecule has 23 heavy (non-hydrogen) atoms. The fraction of sp³-hybridized carbons (Fsp3) is 0.118. The summed E-state index contributed by atoms with van der Waals surface area (Å²) < 4.78 is 5.12. The Balaban J connectivity index is 2.16. The number of carbonyl (C=O) groups excluding carboxylic acids is 1. The van der Waals surface area contributed by atoms with Crippen molar-refractivity contribution < 1.29 is 14.6 Å². The molecule has 0 radical (unpaired) electrons. The number of ether oxygens (including phenoxy) is 1. The minimum Gasteiger partial charge on any atom is -0.507 e. The van der Waals surface area contributed by atoms with Crippen LogP contribution in [-0.2, 0) is 0 Å². The van der Waals surface area contributed by atoms with Crippen LogP contribution in [0.25, 0.3) is 6.08 Å². The third kappa shape index (κ3) is 4.08. The Labute approximate surface area is 132 Å². The van der Waals surface area contributed by atoms with Gasteiger partial charge in [-0.05, 0) is 36.8 Å². The van der Waals surface area contributed by atoms with Crippen molar-refractivity contribution in [3.8, 4) is 17.6 Å². The number of hydrogen-bond acceptors (Lipinski definition) is 5. The van der Waals surface area contributed by atoms with Crippen molar-refractivity contribution in [2.45, 2.75) is 6.92 Å². The summed E-state index contributed by atoms with van der Waals surface area (Å²) >= 11 is 0. The summed E-state index contributed by atoms with van der Waals surface area (Å²) in [5, 5.41) is 18.2. The van der Waals surface area contributed by atoms with Gasteiger partial charge in [0.05, 0.1) is 0 Å². The van der Waals surface area contributed by atoms with Crippen LogP contribution in [0.4, 0.5) is 0 Å². The molecule has 2 N–H and O–H groups in total. The average molecular weight is 310 g/mol. The molecule has 0 amide bonds. The number of nitrogens with zero attached hydrogens (tertiary/aromatic N) is 1. The Hall–Kier alpha value is -3.33. The molecule has 6 nitrogen and oxygen atoms in total. The highest BCUT2D eigenvalue weighted by Gasteiger charge is 2.13. The van der Waals surface area contributed by atoms with Crippen molar-refractivity contribution in [1.82, 2.24) is 4.98 Å². The molecule has 0 aliphatic heterocycles. The van der Waals surface area contributed by atoms with Crippen molar-refractivity contribution >= 4 is 11.9 Å². The van der Waals surface area contributed by atoms with Crippen molar-refractivity contribution in [2.75, 3.05) is 6.61 Å². The summed E-state index contributed by atoms with van der Waals surface area (Å²) in [7, 11) is 0. The number of pyridine rings is 1. The first-order valence-electron chi connectivity index (χ1n) is 6.76. The third-order valence-electron chi connectivity index (χ3n) is 3.00. The van der Waals surface area contributed by atoms with Gasteiger partial charge < -0.3 is 14.8 Å². The summed E-state index contributed by atoms with van der Waals surface area (Å²) in [5.74, 6) is -0.391. The summed E-state index contributed by atoms with van der Waals surface area (Å²) in [6.07, 6.45) is 2.74. The molecule has 0 spiro atoms. The number of aryl methyl sites for hydroxylation is 1. The van der Waals surface area contributed by atoms with E-state index in [-0.39, 0.29) is 17.9 Å². The van der Waals surface area contributed by atoms with Gasteiger partial charge in [-0.2, -0.15) is 5.26 Å². The second kappa shape index (κ2) is 7.09. The van der Waals surface area contributed by atoms with Gasteiger partial charge in [0.1, 0.15) is 23.1 Å². The number of aromatic nitrogens is 1. The van der Waals surface area contributed by atoms with E-state index in [4.69, 9.17) is 10.00 Å². The number of H-pyrrole nitrogens is 1. The number of ketones is 1. The first kappa shape index (κ1) is 16.0. The highest BCUT2D eigenvalue weighted by molar-refractivity contribution is 6.08. The second-order valence-corrected chi connectivity index (χ2v) is 4.76. The molecule has 2 aromatic rings. The Morgan fingerprint density at radius 1 is 1.39 bits per heavy atom. The summed E-state index contributed by atoms with van der Waals surface area (Å²) in [4.78, 5) is 26.3. The standard InChI is InChI=1S/C17H14N2O4/c1-11-10-15(21)16(17(22)19-11)14(20)7-4-12-2-5-13(6-3-12)23-9-8-18/h2-7,10H,9H2,1H3,(H2,19,21,22)/b7-4+. The predicted octanol–water partition coefficient (Wildman–Crippen LogP) is 2.19. The molecule has 0 aliphatic carbocycles. The summed E-state index contributed by atoms with van der Waals surface area (Å²) in [6, 6.07) is 9.93. The van der Waals surface area contributed by atoms with Crippen molar-refractivity contribution in [2.24, 2.45) is 0 Å². The summed E-state index contributed by atoms with van der Waals surface area (Å²) in [6.45, 7) is 1.57. The van der Waals surface area contributed by atoms with E-state index in [0.717, 1.165) is 0 Å². The second-order valence-electron chi connectivity index (χ2n) is 4.76. The van der Waals surface area contributed by atoms with Gasteiger partial charge in [-0.1, -0.05) is 18.2 Å². The predicted molar refractivity (Wildman–Crippen MR) is 84.4 cm³/mol. The van der Waals surface area contributed by atoms with Crippen LogP contribution < -0.4 is 10.3 Å². The number of aromatic amines is 1. The Kier molecular flexibility index (Phi) is 4.95. The van der Waals surface area contributed by atoms with Gasteiger partial charge in [-0.3, -0.25) is 9.59 Å². The van der Waals surface area contributed by atoms with Crippen LogP contribution >= 0.6 is 0 Å². The van der Waals surface area contributed by atoms with Crippen LogP contribution in [0, 0.1) is 18.3 Å². The first-order chi connectivity index (χ1) is 11.0. The number of hydrogen-bond donors (Lipinski definition) is 2. The van der Waals surface area contributed by atoms with Crippen LogP contribution in [0.15, 0.2) is 41.2 Å². The zero-order valence-electron chi connectivity index (χ0n) is 12.4. The zero-order chi connectivity index (χ0) is 16.8. The average Bonchev–Trinajstić information content (AvgIpc) is 2.51. The van der Waals surface area contributed by atoms with Gasteiger partial charge in [0, 0.05) is 5.69 Å². The van der Waals surface area contributed by atoms with E-state index in [1.54, 1.807) is 31.2 Å². The summed E-state index contributed by atoms with van der Waals surface area (Å²) in [5.41, 5.74) is 0.268. The minimum absolute atomic E-state index is 0.0385. The van der Waals surface area contributed by atoms with E-state index in [9.17, 15) is 14.7 Å². The van der Waals surface area contributed by atoms with Gasteiger partial charge in [0.2, 0.25) is 0 Å². The van der Waals surface area contributed by atoms with Crippen LogP contribution in [0.2, 0.25) is 0 Å². The fourth-order valence-electron chi connectivity index (χ4n) is 1.96. The van der Waals surface area contributed by atoms with Crippen LogP contribution in [0.1, 0.15) is 21.6 Å². The molecule has 0 bridgehead atoms. The molecule has 1 aromatic carbocycles. The third-order valence-corrected chi connectivity index (χ3v) is 3.00. The maximum Gasteiger partial charge on any atom is 0.263 e. The lowest BCUT2D eigenvalue weighted by Crippen LogP contribution is -2.17. The molecule has 0 saturated carbocycles. The van der Waals surface area contributed by atoms with Crippen molar-refractivity contribution in [3.63, 3.8) is 0 Å². The van der Waals surface area contributed by atoms with Crippen LogP contribution in [0.5, 0.6) is 11.5 Å². The van der Waals surface area contributed by atoms with Crippen LogP contribution in [-0.4, -0.2) is 22.5 Å². The number of rotatable bonds is 5. The Morgan fingerprint density at radius 3 is 2.70 bits per heavy atom. The van der Waals surface area contributed by atoms with Gasteiger partial charge >= 0.3 is 0 Å². The normalized spacial score (nSPS) is 10.4. The lowest BCUT2D eigenvalue weighted by Gasteiger charge is -2.02. The van der Waals surface area contributed by atoms with Crippen molar-refractivity contribution in [1.29, 1.82) is 5.26 Å². The highest BCUT2D eigenvalue weighted by Crippen LogP contribution is 2.16. The number of nitrogens with one attached hydrogen (secondary N) is 1. The first-order valence-corrected chi connectivity index (χ1v) is 6.76. The number of allylic oxidation sites excluding steroid dienone is 1.